The maximum Gasteiger partial charge on any atom is 0.233 e. The number of thioether (sulfide) groups is 1. The van der Waals surface area contributed by atoms with E-state index in [0.717, 1.165) is 18.7 Å². The Kier molecular flexibility index (Phi) is 4.94. The molecule has 0 saturated carbocycles. The summed E-state index contributed by atoms with van der Waals surface area (Å²) in [5, 5.41) is 12.6. The van der Waals surface area contributed by atoms with Crippen molar-refractivity contribution in [2.24, 2.45) is 0 Å². The summed E-state index contributed by atoms with van der Waals surface area (Å²) in [7, 11) is 0. The molecule has 0 saturated heterocycles. The minimum atomic E-state index is 0.115. The van der Waals surface area contributed by atoms with E-state index in [1.54, 1.807) is 4.68 Å². The van der Waals surface area contributed by atoms with Gasteiger partial charge in [0.05, 0.1) is 11.4 Å². The first-order chi connectivity index (χ1) is 13.1. The Morgan fingerprint density at radius 1 is 1.11 bits per heavy atom. The second-order valence-electron chi connectivity index (χ2n) is 6.76. The van der Waals surface area contributed by atoms with Gasteiger partial charge in [-0.05, 0) is 65.1 Å². The Labute approximate surface area is 162 Å². The van der Waals surface area contributed by atoms with Gasteiger partial charge in [-0.25, -0.2) is 0 Å². The SMILES string of the molecule is Cc1ccc(-n2nnnc2SCC(=O)N2CCc3ccccc3C2)cc1C. The molecule has 0 bridgehead atoms. The number of fused-ring (bicyclic) bond motifs is 1. The van der Waals surface area contributed by atoms with Gasteiger partial charge in [-0.15, -0.1) is 5.10 Å². The summed E-state index contributed by atoms with van der Waals surface area (Å²) in [5.74, 6) is 0.442. The van der Waals surface area contributed by atoms with Gasteiger partial charge in [0.1, 0.15) is 0 Å². The van der Waals surface area contributed by atoms with E-state index in [1.165, 1.54) is 34.0 Å². The minimum Gasteiger partial charge on any atom is -0.337 e. The monoisotopic (exact) mass is 379 g/mol. The quantitative estimate of drug-likeness (QED) is 0.652. The molecule has 138 valence electrons. The van der Waals surface area contributed by atoms with E-state index in [9.17, 15) is 4.79 Å². The summed E-state index contributed by atoms with van der Waals surface area (Å²) < 4.78 is 1.69. The van der Waals surface area contributed by atoms with Crippen molar-refractivity contribution in [2.75, 3.05) is 12.3 Å². The molecular weight excluding hydrogens is 358 g/mol. The fraction of sp³-hybridized carbons (Fsp3) is 0.300. The highest BCUT2D eigenvalue weighted by Gasteiger charge is 2.21. The van der Waals surface area contributed by atoms with Crippen molar-refractivity contribution in [1.29, 1.82) is 0 Å². The first kappa shape index (κ1) is 17.7. The highest BCUT2D eigenvalue weighted by atomic mass is 32.2. The summed E-state index contributed by atoms with van der Waals surface area (Å²) >= 11 is 1.38. The Morgan fingerprint density at radius 2 is 1.93 bits per heavy atom. The predicted octanol–water partition coefficient (Wildman–Crippen LogP) is 2.96. The number of rotatable bonds is 4. The van der Waals surface area contributed by atoms with Crippen LogP contribution >= 0.6 is 11.8 Å². The second kappa shape index (κ2) is 7.52. The van der Waals surface area contributed by atoms with E-state index in [1.807, 2.05) is 17.0 Å². The van der Waals surface area contributed by atoms with Crippen molar-refractivity contribution in [1.82, 2.24) is 25.1 Å². The van der Waals surface area contributed by atoms with E-state index in [-0.39, 0.29) is 5.91 Å². The maximum absolute atomic E-state index is 12.7. The van der Waals surface area contributed by atoms with Crippen LogP contribution < -0.4 is 0 Å². The number of benzene rings is 2. The standard InChI is InChI=1S/C20H21N5OS/c1-14-7-8-18(11-15(14)2)25-20(21-22-23-25)27-13-19(26)24-10-9-16-5-3-4-6-17(16)12-24/h3-8,11H,9-10,12-13H2,1-2H3. The highest BCUT2D eigenvalue weighted by molar-refractivity contribution is 7.99. The molecule has 1 aliphatic heterocycles. The largest absolute Gasteiger partial charge is 0.337 e. The third-order valence-electron chi connectivity index (χ3n) is 4.98. The highest BCUT2D eigenvalue weighted by Crippen LogP contribution is 2.23. The molecule has 0 N–H and O–H groups in total. The van der Waals surface area contributed by atoms with E-state index in [0.29, 0.717) is 17.5 Å². The van der Waals surface area contributed by atoms with Crippen LogP contribution in [0.25, 0.3) is 5.69 Å². The lowest BCUT2D eigenvalue weighted by molar-refractivity contribution is -0.129. The molecule has 0 aliphatic carbocycles. The normalized spacial score (nSPS) is 13.5. The fourth-order valence-electron chi connectivity index (χ4n) is 3.21. The van der Waals surface area contributed by atoms with Crippen LogP contribution in [0.15, 0.2) is 47.6 Å². The van der Waals surface area contributed by atoms with Crippen molar-refractivity contribution in [2.45, 2.75) is 32.0 Å². The van der Waals surface area contributed by atoms with Crippen LogP contribution in [0.4, 0.5) is 0 Å². The number of aryl methyl sites for hydroxylation is 2. The number of aromatic nitrogens is 4. The van der Waals surface area contributed by atoms with Gasteiger partial charge >= 0.3 is 0 Å². The Hall–Kier alpha value is -2.67. The third-order valence-corrected chi connectivity index (χ3v) is 5.89. The lowest BCUT2D eigenvalue weighted by Crippen LogP contribution is -2.37. The van der Waals surface area contributed by atoms with Gasteiger partial charge in [-0.3, -0.25) is 4.79 Å². The number of carbonyl (C=O) groups excluding carboxylic acids is 1. The Morgan fingerprint density at radius 3 is 2.74 bits per heavy atom. The summed E-state index contributed by atoms with van der Waals surface area (Å²) in [6.45, 7) is 5.58. The molecule has 7 heteroatoms. The number of carbonyl (C=O) groups is 1. The molecule has 0 radical (unpaired) electrons. The van der Waals surface area contributed by atoms with Gasteiger partial charge in [-0.1, -0.05) is 42.1 Å². The molecule has 2 aromatic carbocycles. The number of amides is 1. The predicted molar refractivity (Wildman–Crippen MR) is 105 cm³/mol. The van der Waals surface area contributed by atoms with Crippen LogP contribution in [-0.4, -0.2) is 43.3 Å². The molecule has 3 aromatic rings. The second-order valence-corrected chi connectivity index (χ2v) is 7.71. The van der Waals surface area contributed by atoms with E-state index < -0.39 is 0 Å². The van der Waals surface area contributed by atoms with E-state index >= 15 is 0 Å². The Balaban J connectivity index is 1.43. The van der Waals surface area contributed by atoms with Crippen molar-refractivity contribution in [3.8, 4) is 5.69 Å². The first-order valence-electron chi connectivity index (χ1n) is 8.95. The number of hydrogen-bond donors (Lipinski definition) is 0. The minimum absolute atomic E-state index is 0.115. The maximum atomic E-state index is 12.7. The van der Waals surface area contributed by atoms with Gasteiger partial charge in [0.25, 0.3) is 0 Å². The molecule has 2 heterocycles. The summed E-state index contributed by atoms with van der Waals surface area (Å²) in [6.07, 6.45) is 0.910. The van der Waals surface area contributed by atoms with Crippen LogP contribution in [0.5, 0.6) is 0 Å². The summed E-state index contributed by atoms with van der Waals surface area (Å²) in [5.41, 5.74) is 5.89. The number of hydrogen-bond acceptors (Lipinski definition) is 5. The van der Waals surface area contributed by atoms with Gasteiger partial charge in [0.2, 0.25) is 11.1 Å². The topological polar surface area (TPSA) is 63.9 Å². The van der Waals surface area contributed by atoms with Gasteiger partial charge in [0.15, 0.2) is 0 Å². The average molecular weight is 379 g/mol. The number of tetrazole rings is 1. The van der Waals surface area contributed by atoms with Crippen LogP contribution in [0.1, 0.15) is 22.3 Å². The number of nitrogens with zero attached hydrogens (tertiary/aromatic N) is 5. The van der Waals surface area contributed by atoms with Gasteiger partial charge in [0, 0.05) is 13.1 Å². The molecule has 1 aromatic heterocycles. The molecule has 1 amide bonds. The molecular formula is C20H21N5OS. The Bertz CT molecular complexity index is 984. The van der Waals surface area contributed by atoms with Crippen LogP contribution in [-0.2, 0) is 17.8 Å². The average Bonchev–Trinajstić information content (AvgIpc) is 3.16. The molecule has 1 aliphatic rings. The van der Waals surface area contributed by atoms with Crippen LogP contribution in [0, 0.1) is 13.8 Å². The van der Waals surface area contributed by atoms with Gasteiger partial charge < -0.3 is 4.90 Å². The first-order valence-corrected chi connectivity index (χ1v) is 9.94. The molecule has 6 nitrogen and oxygen atoms in total. The van der Waals surface area contributed by atoms with Gasteiger partial charge in [-0.2, -0.15) is 4.68 Å². The van der Waals surface area contributed by atoms with Crippen molar-refractivity contribution in [3.05, 3.63) is 64.7 Å². The lowest BCUT2D eigenvalue weighted by Gasteiger charge is -2.28. The lowest BCUT2D eigenvalue weighted by atomic mass is 10.00. The fourth-order valence-corrected chi connectivity index (χ4v) is 4.01. The van der Waals surface area contributed by atoms with Crippen LogP contribution in [0.2, 0.25) is 0 Å². The molecule has 27 heavy (non-hydrogen) atoms. The van der Waals surface area contributed by atoms with Crippen molar-refractivity contribution >= 4 is 17.7 Å². The zero-order chi connectivity index (χ0) is 18.8. The zero-order valence-electron chi connectivity index (χ0n) is 15.4. The molecule has 0 unspecified atom stereocenters. The summed E-state index contributed by atoms with van der Waals surface area (Å²) in [6, 6.07) is 14.4. The van der Waals surface area contributed by atoms with Crippen LogP contribution in [0.3, 0.4) is 0 Å². The molecule has 0 atom stereocenters. The van der Waals surface area contributed by atoms with E-state index in [2.05, 4.69) is 59.7 Å². The molecule has 0 fully saturated rings. The van der Waals surface area contributed by atoms with Crippen molar-refractivity contribution < 1.29 is 4.79 Å². The molecule has 0 spiro atoms. The third kappa shape index (κ3) is 3.73. The summed E-state index contributed by atoms with van der Waals surface area (Å²) in [4.78, 5) is 14.6. The smallest absolute Gasteiger partial charge is 0.233 e. The van der Waals surface area contributed by atoms with Crippen molar-refractivity contribution in [3.63, 3.8) is 0 Å². The van der Waals surface area contributed by atoms with E-state index in [4.69, 9.17) is 0 Å². The molecule has 4 rings (SSSR count). The zero-order valence-corrected chi connectivity index (χ0v) is 16.2.